The summed E-state index contributed by atoms with van der Waals surface area (Å²) < 4.78 is 18.0. The maximum atomic E-state index is 13.6. The first-order valence-electron chi connectivity index (χ1n) is 21.9. The van der Waals surface area contributed by atoms with E-state index in [1.165, 1.54) is 0 Å². The summed E-state index contributed by atoms with van der Waals surface area (Å²) in [7, 11) is 0. The summed E-state index contributed by atoms with van der Waals surface area (Å²) in [6.45, 7) is 3.78. The summed E-state index contributed by atoms with van der Waals surface area (Å²) in [5.41, 5.74) is 18.1. The highest BCUT2D eigenvalue weighted by atomic mass is 16.5. The van der Waals surface area contributed by atoms with Crippen LogP contribution >= 0.6 is 0 Å². The number of hydrogen-bond acceptors (Lipinski definition) is 11. The number of urea groups is 1. The van der Waals surface area contributed by atoms with Crippen molar-refractivity contribution in [3.63, 3.8) is 0 Å². The highest BCUT2D eigenvalue weighted by Crippen LogP contribution is 2.36. The molecule has 0 heterocycles. The lowest BCUT2D eigenvalue weighted by Gasteiger charge is -2.37. The van der Waals surface area contributed by atoms with E-state index in [4.69, 9.17) is 31.4 Å². The normalized spacial score (nSPS) is 11.5. The van der Waals surface area contributed by atoms with Gasteiger partial charge in [-0.25, -0.2) is 4.79 Å². The molecule has 3 rings (SSSR count). The van der Waals surface area contributed by atoms with Gasteiger partial charge < -0.3 is 58.0 Å². The van der Waals surface area contributed by atoms with Crippen molar-refractivity contribution in [1.82, 2.24) is 31.9 Å². The summed E-state index contributed by atoms with van der Waals surface area (Å²) >= 11 is 0. The molecular formula is C46H71N9O7. The largest absolute Gasteiger partial charge is 0.378 e. The Morgan fingerprint density at radius 3 is 1.15 bits per heavy atom. The second kappa shape index (κ2) is 31.0. The summed E-state index contributed by atoms with van der Waals surface area (Å²) in [4.78, 5) is 50.7. The molecule has 0 fully saturated rings. The quantitative estimate of drug-likeness (QED) is 0.0311. The van der Waals surface area contributed by atoms with Crippen molar-refractivity contribution in [2.45, 2.75) is 62.4 Å². The summed E-state index contributed by atoms with van der Waals surface area (Å²) in [5, 5.41) is 18.3. The first-order chi connectivity index (χ1) is 30.3. The van der Waals surface area contributed by atoms with E-state index in [-0.39, 0.29) is 76.6 Å². The zero-order chi connectivity index (χ0) is 44.6. The number of amides is 5. The fourth-order valence-corrected chi connectivity index (χ4v) is 6.67. The van der Waals surface area contributed by atoms with Crippen LogP contribution in [0.25, 0.3) is 0 Å². The molecule has 0 saturated heterocycles. The molecule has 12 N–H and O–H groups in total. The molecule has 0 aromatic heterocycles. The van der Waals surface area contributed by atoms with Gasteiger partial charge in [-0.05, 0) is 75.0 Å². The van der Waals surface area contributed by atoms with Gasteiger partial charge in [-0.1, -0.05) is 91.0 Å². The van der Waals surface area contributed by atoms with Gasteiger partial charge in [-0.15, -0.1) is 0 Å². The number of carbonyl (C=O) groups is 4. The lowest BCUT2D eigenvalue weighted by atomic mass is 9.77. The third-order valence-electron chi connectivity index (χ3n) is 9.94. The van der Waals surface area contributed by atoms with Crippen LogP contribution < -0.4 is 49.1 Å². The van der Waals surface area contributed by atoms with E-state index in [9.17, 15) is 19.2 Å². The molecule has 3 aromatic carbocycles. The van der Waals surface area contributed by atoms with Crippen molar-refractivity contribution in [3.05, 3.63) is 108 Å². The SMILES string of the molecule is NCCCNC(=O)CCOCC(COCCC(=O)NCCCN)(COCCC(=O)NCCCN)NC(=O)NCCCCNC(c1ccccc1)(c1ccccc1)c1ccccc1. The number of rotatable bonds is 34. The Balaban J connectivity index is 1.69. The van der Waals surface area contributed by atoms with Crippen LogP contribution in [-0.4, -0.2) is 121 Å². The van der Waals surface area contributed by atoms with Crippen LogP contribution in [0.5, 0.6) is 0 Å². The van der Waals surface area contributed by atoms with Gasteiger partial charge in [0.15, 0.2) is 0 Å². The molecule has 5 amide bonds. The van der Waals surface area contributed by atoms with Crippen LogP contribution in [0.1, 0.15) is 68.1 Å². The van der Waals surface area contributed by atoms with Gasteiger partial charge >= 0.3 is 6.03 Å². The molecule has 0 spiro atoms. The van der Waals surface area contributed by atoms with Gasteiger partial charge in [0.2, 0.25) is 17.7 Å². The first kappa shape index (κ1) is 51.4. The average Bonchev–Trinajstić information content (AvgIpc) is 3.29. The van der Waals surface area contributed by atoms with Gasteiger partial charge in [0.1, 0.15) is 5.54 Å². The Morgan fingerprint density at radius 2 is 0.790 bits per heavy atom. The maximum Gasteiger partial charge on any atom is 0.315 e. The zero-order valence-corrected chi connectivity index (χ0v) is 36.3. The van der Waals surface area contributed by atoms with Crippen molar-refractivity contribution >= 4 is 23.8 Å². The summed E-state index contributed by atoms with van der Waals surface area (Å²) in [6.07, 6.45) is 3.67. The maximum absolute atomic E-state index is 13.6. The molecule has 0 unspecified atom stereocenters. The van der Waals surface area contributed by atoms with Crippen molar-refractivity contribution in [1.29, 1.82) is 0 Å². The first-order valence-corrected chi connectivity index (χ1v) is 21.9. The van der Waals surface area contributed by atoms with Crippen LogP contribution in [0.4, 0.5) is 4.79 Å². The highest BCUT2D eigenvalue weighted by molar-refractivity contribution is 5.77. The van der Waals surface area contributed by atoms with Gasteiger partial charge in [0.25, 0.3) is 0 Å². The van der Waals surface area contributed by atoms with E-state index in [0.29, 0.717) is 78.0 Å². The van der Waals surface area contributed by atoms with Crippen LogP contribution in [0.3, 0.4) is 0 Å². The highest BCUT2D eigenvalue weighted by Gasteiger charge is 2.36. The Bertz CT molecular complexity index is 1500. The molecule has 0 aliphatic heterocycles. The molecule has 0 saturated carbocycles. The smallest absolute Gasteiger partial charge is 0.315 e. The van der Waals surface area contributed by atoms with Crippen LogP contribution in [0, 0.1) is 0 Å². The van der Waals surface area contributed by atoms with Gasteiger partial charge in [-0.2, -0.15) is 0 Å². The Labute approximate surface area is 367 Å². The van der Waals surface area contributed by atoms with Crippen LogP contribution in [0.2, 0.25) is 0 Å². The minimum atomic E-state index is -1.24. The molecule has 62 heavy (non-hydrogen) atoms. The molecule has 0 atom stereocenters. The number of hydrogen-bond donors (Lipinski definition) is 9. The fourth-order valence-electron chi connectivity index (χ4n) is 6.67. The fraction of sp³-hybridized carbons (Fsp3) is 0.522. The second-order valence-electron chi connectivity index (χ2n) is 15.0. The lowest BCUT2D eigenvalue weighted by Crippen LogP contribution is -2.61. The number of ether oxygens (including phenoxy) is 3. The van der Waals surface area contributed by atoms with Crippen molar-refractivity contribution in [2.24, 2.45) is 17.2 Å². The van der Waals surface area contributed by atoms with E-state index < -0.39 is 17.1 Å². The average molecular weight is 862 g/mol. The lowest BCUT2D eigenvalue weighted by molar-refractivity contribution is -0.122. The number of nitrogens with one attached hydrogen (secondary N) is 6. The van der Waals surface area contributed by atoms with E-state index in [0.717, 1.165) is 23.1 Å². The molecule has 16 nitrogen and oxygen atoms in total. The molecule has 0 aliphatic rings. The van der Waals surface area contributed by atoms with Crippen LogP contribution in [-0.2, 0) is 34.1 Å². The minimum absolute atomic E-state index is 0.0655. The number of carbonyl (C=O) groups excluding carboxylic acids is 4. The number of nitrogens with two attached hydrogens (primary N) is 3. The predicted octanol–water partition coefficient (Wildman–Crippen LogP) is 2.00. The standard InChI is InChI=1S/C46H71N9O7/c47-24-12-28-50-41(56)21-32-60-35-45(36-61-33-22-42(57)51-29-13-25-48,37-62-34-23-43(58)52-30-14-26-49)55-44(59)53-27-10-11-31-54-46(38-15-4-1-5-16-38,39-17-6-2-7-18-39)40-19-8-3-9-20-40/h1-9,15-20,54H,10-14,21-37,47-49H2,(H,50,56)(H,51,57)(H,52,58)(H2,53,55,59). The van der Waals surface area contributed by atoms with Crippen molar-refractivity contribution in [3.8, 4) is 0 Å². The van der Waals surface area contributed by atoms with E-state index in [2.05, 4.69) is 68.3 Å². The van der Waals surface area contributed by atoms with Gasteiger partial charge in [0, 0.05) is 45.4 Å². The van der Waals surface area contributed by atoms with Gasteiger partial charge in [0.05, 0.1) is 45.2 Å². The molecule has 342 valence electrons. The van der Waals surface area contributed by atoms with Crippen molar-refractivity contribution in [2.75, 3.05) is 92.0 Å². The van der Waals surface area contributed by atoms with E-state index in [1.54, 1.807) is 0 Å². The number of benzene rings is 3. The molecular weight excluding hydrogens is 791 g/mol. The molecule has 3 aromatic rings. The van der Waals surface area contributed by atoms with Crippen LogP contribution in [0.15, 0.2) is 91.0 Å². The molecule has 16 heteroatoms. The topological polar surface area (TPSA) is 246 Å². The molecule has 0 radical (unpaired) electrons. The summed E-state index contributed by atoms with van der Waals surface area (Å²) in [5.74, 6) is -0.565. The van der Waals surface area contributed by atoms with E-state index in [1.807, 2.05) is 54.6 Å². The van der Waals surface area contributed by atoms with Gasteiger partial charge in [-0.3, -0.25) is 19.7 Å². The zero-order valence-electron chi connectivity index (χ0n) is 36.3. The van der Waals surface area contributed by atoms with E-state index >= 15 is 0 Å². The van der Waals surface area contributed by atoms with Crippen molar-refractivity contribution < 1.29 is 33.4 Å². The third-order valence-corrected chi connectivity index (χ3v) is 9.94. The number of unbranched alkanes of at least 4 members (excludes halogenated alkanes) is 1. The molecule has 0 bridgehead atoms. The Hall–Kier alpha value is -4.94. The summed E-state index contributed by atoms with van der Waals surface area (Å²) in [6, 6.07) is 30.7. The minimum Gasteiger partial charge on any atom is -0.378 e. The molecule has 0 aliphatic carbocycles. The second-order valence-corrected chi connectivity index (χ2v) is 15.0. The predicted molar refractivity (Wildman–Crippen MR) is 242 cm³/mol. The Kier molecular flexibility index (Phi) is 25.7. The third kappa shape index (κ3) is 19.4. The monoisotopic (exact) mass is 862 g/mol. The Morgan fingerprint density at radius 1 is 0.452 bits per heavy atom.